The molecule has 0 aliphatic carbocycles. The van der Waals surface area contributed by atoms with Crippen LogP contribution < -0.4 is 4.90 Å². The molecule has 0 N–H and O–H groups in total. The molecule has 1 spiro atoms. The van der Waals surface area contributed by atoms with Gasteiger partial charge in [-0.05, 0) is 58.2 Å². The maximum atomic E-state index is 12.8. The number of carbonyl (C=O) groups excluding carboxylic acids is 1. The van der Waals surface area contributed by atoms with E-state index in [-0.39, 0.29) is 11.5 Å². The standard InChI is InChI=1S/C30H44N6O3Si/c1-29(2,3)39-28(37)35-15-11-30(21-35)10-7-14-34(20-30)25-9-12-31-27-26(25)24(23-8-13-32-33-18-23)19-36(27)22-38-16-17-40(4,5)6/h8-9,12-13,18-19H,7,10-11,14-17,20-22H2,1-6H3. The van der Waals surface area contributed by atoms with Crippen LogP contribution in [0.4, 0.5) is 10.5 Å². The minimum Gasteiger partial charge on any atom is -0.444 e. The molecule has 2 aliphatic rings. The second-order valence-corrected chi connectivity index (χ2v) is 19.3. The number of hydrogen-bond acceptors (Lipinski definition) is 7. The number of nitrogens with zero attached hydrogens (tertiary/aromatic N) is 6. The molecule has 0 bridgehead atoms. The van der Waals surface area contributed by atoms with Crippen LogP contribution in [0.3, 0.4) is 0 Å². The van der Waals surface area contributed by atoms with Gasteiger partial charge < -0.3 is 23.8 Å². The first-order valence-electron chi connectivity index (χ1n) is 14.5. The van der Waals surface area contributed by atoms with E-state index in [0.717, 1.165) is 80.3 Å². The van der Waals surface area contributed by atoms with Crippen LogP contribution in [0.5, 0.6) is 0 Å². The van der Waals surface area contributed by atoms with Crippen molar-refractivity contribution in [1.82, 2.24) is 24.6 Å². The number of likely N-dealkylation sites (tertiary alicyclic amines) is 1. The summed E-state index contributed by atoms with van der Waals surface area (Å²) in [6.45, 7) is 17.4. The van der Waals surface area contributed by atoms with E-state index in [1.165, 1.54) is 5.69 Å². The highest BCUT2D eigenvalue weighted by molar-refractivity contribution is 6.76. The average molecular weight is 565 g/mol. The number of piperidine rings is 1. The minimum atomic E-state index is -1.17. The molecule has 0 saturated carbocycles. The highest BCUT2D eigenvalue weighted by atomic mass is 28.3. The van der Waals surface area contributed by atoms with Gasteiger partial charge in [0.2, 0.25) is 0 Å². The van der Waals surface area contributed by atoms with Crippen LogP contribution in [0.2, 0.25) is 25.7 Å². The molecule has 5 rings (SSSR count). The summed E-state index contributed by atoms with van der Waals surface area (Å²) in [6, 6.07) is 5.26. The topological polar surface area (TPSA) is 85.6 Å². The molecule has 0 aromatic carbocycles. The van der Waals surface area contributed by atoms with Crippen LogP contribution in [0.25, 0.3) is 22.2 Å². The van der Waals surface area contributed by atoms with Crippen LogP contribution in [-0.2, 0) is 16.2 Å². The van der Waals surface area contributed by atoms with Crippen LogP contribution >= 0.6 is 0 Å². The highest BCUT2D eigenvalue weighted by Crippen LogP contribution is 2.43. The molecule has 3 aromatic heterocycles. The summed E-state index contributed by atoms with van der Waals surface area (Å²) in [6.07, 6.45) is 10.6. The number of aromatic nitrogens is 4. The van der Waals surface area contributed by atoms with Crippen molar-refractivity contribution >= 4 is 30.9 Å². The monoisotopic (exact) mass is 564 g/mol. The summed E-state index contributed by atoms with van der Waals surface area (Å²) in [5.74, 6) is 0. The van der Waals surface area contributed by atoms with Crippen LogP contribution in [0.15, 0.2) is 36.9 Å². The zero-order chi connectivity index (χ0) is 28.5. The van der Waals surface area contributed by atoms with Gasteiger partial charge in [0, 0.05) is 75.5 Å². The summed E-state index contributed by atoms with van der Waals surface area (Å²) < 4.78 is 14.0. The molecular weight excluding hydrogens is 520 g/mol. The number of fused-ring (bicyclic) bond motifs is 1. The van der Waals surface area contributed by atoms with Gasteiger partial charge in [-0.25, -0.2) is 9.78 Å². The van der Waals surface area contributed by atoms with E-state index in [2.05, 4.69) is 51.6 Å². The van der Waals surface area contributed by atoms with Crippen LogP contribution in [-0.4, -0.2) is 77.2 Å². The van der Waals surface area contributed by atoms with Crippen molar-refractivity contribution in [2.45, 2.75) is 78.1 Å². The van der Waals surface area contributed by atoms with E-state index in [9.17, 15) is 4.79 Å². The summed E-state index contributed by atoms with van der Waals surface area (Å²) >= 11 is 0. The maximum absolute atomic E-state index is 12.8. The van der Waals surface area contributed by atoms with Gasteiger partial charge in [0.1, 0.15) is 18.0 Å². The molecular formula is C30H44N6O3Si. The van der Waals surface area contributed by atoms with Crippen molar-refractivity contribution in [3.8, 4) is 11.1 Å². The third kappa shape index (κ3) is 6.49. The third-order valence-corrected chi connectivity index (χ3v) is 9.65. The SMILES string of the molecule is CC(C)(C)OC(=O)N1CCC2(CCCN(c3ccnc4c3c(-c3ccnnc3)cn4COCC[Si](C)(C)C)C2)C1. The van der Waals surface area contributed by atoms with E-state index in [0.29, 0.717) is 6.73 Å². The molecule has 5 heterocycles. The van der Waals surface area contributed by atoms with Crippen molar-refractivity contribution in [2.75, 3.05) is 37.7 Å². The van der Waals surface area contributed by atoms with Crippen molar-refractivity contribution in [2.24, 2.45) is 5.41 Å². The van der Waals surface area contributed by atoms with Gasteiger partial charge in [-0.2, -0.15) is 10.2 Å². The fourth-order valence-corrected chi connectivity index (χ4v) is 6.69. The lowest BCUT2D eigenvalue weighted by molar-refractivity contribution is 0.0269. The number of amides is 1. The van der Waals surface area contributed by atoms with E-state index in [1.807, 2.05) is 44.1 Å². The number of ether oxygens (including phenoxy) is 2. The predicted octanol–water partition coefficient (Wildman–Crippen LogP) is 6.03. The fourth-order valence-electron chi connectivity index (χ4n) is 5.93. The lowest BCUT2D eigenvalue weighted by atomic mass is 9.79. The quantitative estimate of drug-likeness (QED) is 0.256. The zero-order valence-electron chi connectivity index (χ0n) is 24.9. The molecule has 1 amide bonds. The molecule has 1 unspecified atom stereocenters. The Balaban J connectivity index is 1.43. The second kappa shape index (κ2) is 11.1. The van der Waals surface area contributed by atoms with Gasteiger partial charge >= 0.3 is 6.09 Å². The Labute approximate surface area is 238 Å². The molecule has 40 heavy (non-hydrogen) atoms. The normalized spacial score (nSPS) is 20.1. The first-order valence-corrected chi connectivity index (χ1v) is 18.2. The third-order valence-electron chi connectivity index (χ3n) is 7.95. The molecule has 216 valence electrons. The van der Waals surface area contributed by atoms with Crippen molar-refractivity contribution in [1.29, 1.82) is 0 Å². The van der Waals surface area contributed by atoms with E-state index < -0.39 is 13.7 Å². The summed E-state index contributed by atoms with van der Waals surface area (Å²) in [5, 5.41) is 9.27. The van der Waals surface area contributed by atoms with Crippen molar-refractivity contribution in [3.63, 3.8) is 0 Å². The molecule has 10 heteroatoms. The number of hydrogen-bond donors (Lipinski definition) is 0. The van der Waals surface area contributed by atoms with E-state index in [1.54, 1.807) is 6.20 Å². The van der Waals surface area contributed by atoms with Gasteiger partial charge in [0.25, 0.3) is 0 Å². The Bertz CT molecular complexity index is 1330. The first kappa shape index (κ1) is 28.5. The average Bonchev–Trinajstić information content (AvgIpc) is 3.47. The van der Waals surface area contributed by atoms with E-state index >= 15 is 0 Å². The summed E-state index contributed by atoms with van der Waals surface area (Å²) in [5.41, 5.74) is 3.76. The molecule has 2 aliphatic heterocycles. The Morgan fingerprint density at radius 2 is 1.90 bits per heavy atom. The van der Waals surface area contributed by atoms with Gasteiger partial charge in [0.05, 0.1) is 17.8 Å². The Kier molecular flexibility index (Phi) is 7.94. The summed E-state index contributed by atoms with van der Waals surface area (Å²) in [7, 11) is -1.17. The van der Waals surface area contributed by atoms with Gasteiger partial charge in [-0.15, -0.1) is 0 Å². The molecule has 9 nitrogen and oxygen atoms in total. The Hall–Kier alpha value is -2.98. The molecule has 2 saturated heterocycles. The summed E-state index contributed by atoms with van der Waals surface area (Å²) in [4.78, 5) is 22.1. The predicted molar refractivity (Wildman–Crippen MR) is 161 cm³/mol. The largest absolute Gasteiger partial charge is 0.444 e. The van der Waals surface area contributed by atoms with Crippen molar-refractivity contribution in [3.05, 3.63) is 36.9 Å². The Morgan fingerprint density at radius 3 is 2.62 bits per heavy atom. The molecule has 2 fully saturated rings. The second-order valence-electron chi connectivity index (χ2n) is 13.7. The fraction of sp³-hybridized carbons (Fsp3) is 0.600. The van der Waals surface area contributed by atoms with Gasteiger partial charge in [-0.1, -0.05) is 19.6 Å². The molecule has 1 atom stereocenters. The number of anilines is 1. The lowest BCUT2D eigenvalue weighted by Crippen LogP contribution is -2.46. The van der Waals surface area contributed by atoms with Gasteiger partial charge in [0.15, 0.2) is 0 Å². The van der Waals surface area contributed by atoms with Gasteiger partial charge in [-0.3, -0.25) is 0 Å². The molecule has 3 aromatic rings. The number of pyridine rings is 1. The number of carbonyl (C=O) groups is 1. The van der Waals surface area contributed by atoms with Crippen molar-refractivity contribution < 1.29 is 14.3 Å². The van der Waals surface area contributed by atoms with Crippen LogP contribution in [0, 0.1) is 5.41 Å². The minimum absolute atomic E-state index is 0.0612. The number of rotatable bonds is 7. The maximum Gasteiger partial charge on any atom is 0.410 e. The molecule has 0 radical (unpaired) electrons. The van der Waals surface area contributed by atoms with E-state index in [4.69, 9.17) is 14.5 Å². The zero-order valence-corrected chi connectivity index (χ0v) is 25.9. The highest BCUT2D eigenvalue weighted by Gasteiger charge is 2.44. The Morgan fingerprint density at radius 1 is 1.07 bits per heavy atom. The lowest BCUT2D eigenvalue weighted by Gasteiger charge is -2.42. The first-order chi connectivity index (χ1) is 18.9. The smallest absolute Gasteiger partial charge is 0.410 e. The van der Waals surface area contributed by atoms with Crippen LogP contribution in [0.1, 0.15) is 40.0 Å².